The van der Waals surface area contributed by atoms with E-state index in [0.29, 0.717) is 26.2 Å². The summed E-state index contributed by atoms with van der Waals surface area (Å²) < 4.78 is 5.23. The Balaban J connectivity index is 2.05. The average molecular weight is 256 g/mol. The van der Waals surface area contributed by atoms with Crippen LogP contribution < -0.4 is 10.6 Å². The molecule has 0 spiro atoms. The van der Waals surface area contributed by atoms with E-state index in [4.69, 9.17) is 4.74 Å². The molecule has 1 rings (SSSR count). The average Bonchev–Trinajstić information content (AvgIpc) is 2.32. The van der Waals surface area contributed by atoms with Crippen molar-refractivity contribution in [2.75, 3.05) is 26.3 Å². The summed E-state index contributed by atoms with van der Waals surface area (Å²) in [4.78, 5) is 11.7. The summed E-state index contributed by atoms with van der Waals surface area (Å²) in [7, 11) is 0. The maximum absolute atomic E-state index is 11.7. The van der Waals surface area contributed by atoms with E-state index in [0.717, 1.165) is 13.0 Å². The molecule has 0 saturated carbocycles. The molecule has 0 aromatic carbocycles. The molecule has 0 radical (unpaired) electrons. The molecule has 2 N–H and O–H groups in total. The molecule has 1 saturated heterocycles. The first kappa shape index (κ1) is 15.4. The minimum atomic E-state index is -0.00732. The number of amides is 1. The Bertz CT molecular complexity index is 240. The van der Waals surface area contributed by atoms with Gasteiger partial charge in [0.05, 0.1) is 18.8 Å². The minimum absolute atomic E-state index is 0.00732. The number of likely N-dealkylation sites (N-methyl/N-ethyl adjacent to an activating group) is 1. The number of hydrogen-bond acceptors (Lipinski definition) is 3. The van der Waals surface area contributed by atoms with Crippen molar-refractivity contribution in [2.45, 2.75) is 57.9 Å². The van der Waals surface area contributed by atoms with Crippen LogP contribution in [0.2, 0.25) is 0 Å². The minimum Gasteiger partial charge on any atom is -0.377 e. The Hall–Kier alpha value is -0.610. The second-order valence-corrected chi connectivity index (χ2v) is 5.24. The number of rotatable bonds is 10. The summed E-state index contributed by atoms with van der Waals surface area (Å²) in [6.45, 7) is 7.29. The van der Waals surface area contributed by atoms with Crippen molar-refractivity contribution in [2.24, 2.45) is 0 Å². The van der Waals surface area contributed by atoms with Gasteiger partial charge in [-0.3, -0.25) is 4.79 Å². The Labute approximate surface area is 111 Å². The van der Waals surface area contributed by atoms with Crippen LogP contribution in [0, 0.1) is 0 Å². The van der Waals surface area contributed by atoms with Gasteiger partial charge in [-0.05, 0) is 13.0 Å². The van der Waals surface area contributed by atoms with Gasteiger partial charge in [-0.2, -0.15) is 0 Å². The van der Waals surface area contributed by atoms with E-state index in [1.807, 2.05) is 0 Å². The highest BCUT2D eigenvalue weighted by molar-refractivity contribution is 5.75. The molecule has 1 heterocycles. The molecule has 1 aliphatic rings. The number of carbonyl (C=O) groups is 1. The Morgan fingerprint density at radius 1 is 1.17 bits per heavy atom. The Kier molecular flexibility index (Phi) is 7.28. The molecule has 106 valence electrons. The van der Waals surface area contributed by atoms with Gasteiger partial charge in [0.1, 0.15) is 0 Å². The molecule has 0 unspecified atom stereocenters. The highest BCUT2D eigenvalue weighted by Gasteiger charge is 2.37. The van der Waals surface area contributed by atoms with Crippen LogP contribution in [-0.4, -0.2) is 37.7 Å². The highest BCUT2D eigenvalue weighted by atomic mass is 16.5. The molecule has 0 bridgehead atoms. The van der Waals surface area contributed by atoms with Crippen molar-refractivity contribution in [1.29, 1.82) is 0 Å². The van der Waals surface area contributed by atoms with E-state index < -0.39 is 0 Å². The molecule has 1 aliphatic heterocycles. The fraction of sp³-hybridized carbons (Fsp3) is 0.929. The second-order valence-electron chi connectivity index (χ2n) is 5.24. The van der Waals surface area contributed by atoms with E-state index in [2.05, 4.69) is 24.5 Å². The van der Waals surface area contributed by atoms with E-state index in [1.165, 1.54) is 25.7 Å². The zero-order valence-corrected chi connectivity index (χ0v) is 11.9. The molecule has 0 aromatic heterocycles. The summed E-state index contributed by atoms with van der Waals surface area (Å²) in [6, 6.07) is 0. The Morgan fingerprint density at radius 2 is 1.89 bits per heavy atom. The zero-order valence-electron chi connectivity index (χ0n) is 11.9. The SMILES string of the molecule is CCCCCCCC(=O)NCC1(NCC)COC1. The van der Waals surface area contributed by atoms with Crippen LogP contribution in [-0.2, 0) is 9.53 Å². The van der Waals surface area contributed by atoms with Gasteiger partial charge in [0.15, 0.2) is 0 Å². The third-order valence-electron chi connectivity index (χ3n) is 3.44. The second kappa shape index (κ2) is 8.48. The topological polar surface area (TPSA) is 50.4 Å². The van der Waals surface area contributed by atoms with Crippen LogP contribution >= 0.6 is 0 Å². The van der Waals surface area contributed by atoms with Crippen molar-refractivity contribution >= 4 is 5.91 Å². The standard InChI is InChI=1S/C14H28N2O2/c1-3-5-6-7-8-9-13(17)15-10-14(16-4-2)11-18-12-14/h16H,3-12H2,1-2H3,(H,15,17). The van der Waals surface area contributed by atoms with Gasteiger partial charge in [0.2, 0.25) is 5.91 Å². The van der Waals surface area contributed by atoms with Crippen LogP contribution in [0.5, 0.6) is 0 Å². The van der Waals surface area contributed by atoms with Gasteiger partial charge in [-0.15, -0.1) is 0 Å². The third kappa shape index (κ3) is 5.36. The lowest BCUT2D eigenvalue weighted by Gasteiger charge is -2.42. The van der Waals surface area contributed by atoms with Gasteiger partial charge >= 0.3 is 0 Å². The predicted octanol–water partition coefficient (Wildman–Crippen LogP) is 1.84. The molecule has 18 heavy (non-hydrogen) atoms. The first-order valence-corrected chi connectivity index (χ1v) is 7.32. The van der Waals surface area contributed by atoms with Gasteiger partial charge in [0, 0.05) is 13.0 Å². The monoisotopic (exact) mass is 256 g/mol. The van der Waals surface area contributed by atoms with Crippen molar-refractivity contribution in [3.05, 3.63) is 0 Å². The lowest BCUT2D eigenvalue weighted by Crippen LogP contribution is -2.65. The van der Waals surface area contributed by atoms with Crippen LogP contribution in [0.3, 0.4) is 0 Å². The van der Waals surface area contributed by atoms with Gasteiger partial charge in [-0.1, -0.05) is 39.5 Å². The summed E-state index contributed by atoms with van der Waals surface area (Å²) in [5, 5.41) is 6.41. The smallest absolute Gasteiger partial charge is 0.220 e. The molecular formula is C14H28N2O2. The highest BCUT2D eigenvalue weighted by Crippen LogP contribution is 2.15. The van der Waals surface area contributed by atoms with E-state index in [-0.39, 0.29) is 11.4 Å². The van der Waals surface area contributed by atoms with Crippen LogP contribution in [0.15, 0.2) is 0 Å². The molecule has 4 nitrogen and oxygen atoms in total. The van der Waals surface area contributed by atoms with Crippen molar-refractivity contribution in [3.8, 4) is 0 Å². The molecule has 0 aromatic rings. The van der Waals surface area contributed by atoms with E-state index >= 15 is 0 Å². The van der Waals surface area contributed by atoms with Crippen LogP contribution in [0.1, 0.15) is 52.4 Å². The van der Waals surface area contributed by atoms with Crippen molar-refractivity contribution in [1.82, 2.24) is 10.6 Å². The number of ether oxygens (including phenoxy) is 1. The number of carbonyl (C=O) groups excluding carboxylic acids is 1. The number of hydrogen-bond donors (Lipinski definition) is 2. The quantitative estimate of drug-likeness (QED) is 0.586. The third-order valence-corrected chi connectivity index (χ3v) is 3.44. The molecule has 1 amide bonds. The van der Waals surface area contributed by atoms with Crippen LogP contribution in [0.4, 0.5) is 0 Å². The maximum atomic E-state index is 11.7. The van der Waals surface area contributed by atoms with E-state index in [9.17, 15) is 4.79 Å². The first-order valence-electron chi connectivity index (χ1n) is 7.32. The Morgan fingerprint density at radius 3 is 2.44 bits per heavy atom. The fourth-order valence-electron chi connectivity index (χ4n) is 2.24. The summed E-state index contributed by atoms with van der Waals surface area (Å²) >= 11 is 0. The summed E-state index contributed by atoms with van der Waals surface area (Å²) in [6.07, 6.45) is 6.62. The van der Waals surface area contributed by atoms with Gasteiger partial charge in [0.25, 0.3) is 0 Å². The number of nitrogens with one attached hydrogen (secondary N) is 2. The normalized spacial score (nSPS) is 17.2. The van der Waals surface area contributed by atoms with Crippen LogP contribution in [0.25, 0.3) is 0 Å². The lowest BCUT2D eigenvalue weighted by atomic mass is 9.97. The molecule has 0 aliphatic carbocycles. The first-order chi connectivity index (χ1) is 8.72. The zero-order chi connectivity index (χ0) is 13.3. The summed E-state index contributed by atoms with van der Waals surface area (Å²) in [5.41, 5.74) is -0.00732. The number of unbranched alkanes of at least 4 members (excludes halogenated alkanes) is 4. The molecule has 4 heteroatoms. The molecule has 1 fully saturated rings. The maximum Gasteiger partial charge on any atom is 0.220 e. The molecular weight excluding hydrogens is 228 g/mol. The molecule has 0 atom stereocenters. The van der Waals surface area contributed by atoms with Crippen molar-refractivity contribution in [3.63, 3.8) is 0 Å². The van der Waals surface area contributed by atoms with Crippen molar-refractivity contribution < 1.29 is 9.53 Å². The van der Waals surface area contributed by atoms with Gasteiger partial charge in [-0.25, -0.2) is 0 Å². The lowest BCUT2D eigenvalue weighted by molar-refractivity contribution is -0.123. The predicted molar refractivity (Wildman–Crippen MR) is 73.6 cm³/mol. The van der Waals surface area contributed by atoms with Gasteiger partial charge < -0.3 is 15.4 Å². The largest absolute Gasteiger partial charge is 0.377 e. The summed E-state index contributed by atoms with van der Waals surface area (Å²) in [5.74, 6) is 0.177. The van der Waals surface area contributed by atoms with E-state index in [1.54, 1.807) is 0 Å². The fourth-order valence-corrected chi connectivity index (χ4v) is 2.24.